The standard InChI is InChI=1S/C18H19N3O5S/c1-26-18(23)13-4-2-12(3-5-13)17(22)20-19-14-8-10-16(11-9-14)27(24,25)21-15-6-7-15/h2-5,8-11,15,19,21H,6-7H2,1H3,(H,20,22). The lowest BCUT2D eigenvalue weighted by molar-refractivity contribution is 0.0600. The minimum atomic E-state index is -3.50. The Bertz CT molecular complexity index is 936. The summed E-state index contributed by atoms with van der Waals surface area (Å²) in [5.74, 6) is -0.884. The molecule has 2 aromatic carbocycles. The second-order valence-corrected chi connectivity index (χ2v) is 7.78. The summed E-state index contributed by atoms with van der Waals surface area (Å²) >= 11 is 0. The summed E-state index contributed by atoms with van der Waals surface area (Å²) in [6.07, 6.45) is 1.73. The van der Waals surface area contributed by atoms with Crippen LogP contribution in [0.5, 0.6) is 0 Å². The lowest BCUT2D eigenvalue weighted by Gasteiger charge is -2.10. The SMILES string of the molecule is COC(=O)c1ccc(C(=O)NNc2ccc(S(=O)(=O)NC3CC3)cc2)cc1. The molecule has 0 aromatic heterocycles. The van der Waals surface area contributed by atoms with E-state index in [4.69, 9.17) is 0 Å². The number of carbonyl (C=O) groups is 2. The third-order valence-corrected chi connectivity index (χ3v) is 5.49. The number of methoxy groups -OCH3 is 1. The van der Waals surface area contributed by atoms with Crippen molar-refractivity contribution in [1.29, 1.82) is 0 Å². The molecule has 142 valence electrons. The number of benzene rings is 2. The normalized spacial score (nSPS) is 13.7. The Morgan fingerprint density at radius 1 is 0.963 bits per heavy atom. The van der Waals surface area contributed by atoms with E-state index in [1.165, 1.54) is 43.5 Å². The Hall–Kier alpha value is -2.91. The van der Waals surface area contributed by atoms with Gasteiger partial charge in [-0.1, -0.05) is 0 Å². The topological polar surface area (TPSA) is 114 Å². The predicted octanol–water partition coefficient (Wildman–Crippen LogP) is 1.67. The van der Waals surface area contributed by atoms with Gasteiger partial charge in [0.05, 0.1) is 23.3 Å². The first-order chi connectivity index (χ1) is 12.9. The van der Waals surface area contributed by atoms with Crippen LogP contribution in [0.1, 0.15) is 33.6 Å². The van der Waals surface area contributed by atoms with Gasteiger partial charge in [-0.3, -0.25) is 15.6 Å². The highest BCUT2D eigenvalue weighted by molar-refractivity contribution is 7.89. The number of ether oxygens (including phenoxy) is 1. The third-order valence-electron chi connectivity index (χ3n) is 3.95. The molecule has 9 heteroatoms. The van der Waals surface area contributed by atoms with Crippen molar-refractivity contribution in [2.75, 3.05) is 12.5 Å². The molecule has 0 spiro atoms. The molecule has 0 heterocycles. The van der Waals surface area contributed by atoms with E-state index in [1.54, 1.807) is 12.1 Å². The molecule has 1 amide bonds. The van der Waals surface area contributed by atoms with Crippen LogP contribution in [0, 0.1) is 0 Å². The fourth-order valence-corrected chi connectivity index (χ4v) is 3.59. The summed E-state index contributed by atoms with van der Waals surface area (Å²) in [5.41, 5.74) is 6.45. The van der Waals surface area contributed by atoms with Crippen molar-refractivity contribution >= 4 is 27.6 Å². The van der Waals surface area contributed by atoms with E-state index in [2.05, 4.69) is 20.3 Å². The van der Waals surface area contributed by atoms with E-state index in [0.29, 0.717) is 16.8 Å². The van der Waals surface area contributed by atoms with Gasteiger partial charge >= 0.3 is 5.97 Å². The van der Waals surface area contributed by atoms with Crippen LogP contribution < -0.4 is 15.6 Å². The van der Waals surface area contributed by atoms with Crippen molar-refractivity contribution < 1.29 is 22.7 Å². The minimum Gasteiger partial charge on any atom is -0.465 e. The maximum absolute atomic E-state index is 12.1. The molecule has 0 saturated heterocycles. The number of rotatable bonds is 7. The second-order valence-electron chi connectivity index (χ2n) is 6.07. The fourth-order valence-electron chi connectivity index (χ4n) is 2.28. The number of hydrazine groups is 1. The van der Waals surface area contributed by atoms with Gasteiger partial charge in [0.2, 0.25) is 10.0 Å². The zero-order valence-corrected chi connectivity index (χ0v) is 15.4. The van der Waals surface area contributed by atoms with Gasteiger partial charge in [-0.25, -0.2) is 17.9 Å². The lowest BCUT2D eigenvalue weighted by atomic mass is 10.1. The highest BCUT2D eigenvalue weighted by atomic mass is 32.2. The summed E-state index contributed by atoms with van der Waals surface area (Å²) in [4.78, 5) is 23.7. The quantitative estimate of drug-likeness (QED) is 0.490. The van der Waals surface area contributed by atoms with Gasteiger partial charge in [-0.15, -0.1) is 0 Å². The van der Waals surface area contributed by atoms with Gasteiger partial charge in [0.25, 0.3) is 5.91 Å². The van der Waals surface area contributed by atoms with Crippen molar-refractivity contribution in [2.24, 2.45) is 0 Å². The fraction of sp³-hybridized carbons (Fsp3) is 0.222. The van der Waals surface area contributed by atoms with E-state index in [1.807, 2.05) is 0 Å². The number of carbonyl (C=O) groups excluding carboxylic acids is 2. The molecule has 27 heavy (non-hydrogen) atoms. The van der Waals surface area contributed by atoms with E-state index in [-0.39, 0.29) is 10.9 Å². The van der Waals surface area contributed by atoms with E-state index in [9.17, 15) is 18.0 Å². The smallest absolute Gasteiger partial charge is 0.337 e. The van der Waals surface area contributed by atoms with Crippen LogP contribution in [0.3, 0.4) is 0 Å². The monoisotopic (exact) mass is 389 g/mol. The summed E-state index contributed by atoms with van der Waals surface area (Å²) in [6.45, 7) is 0. The Morgan fingerprint density at radius 3 is 2.11 bits per heavy atom. The number of sulfonamides is 1. The number of nitrogens with one attached hydrogen (secondary N) is 3. The van der Waals surface area contributed by atoms with Crippen LogP contribution in [-0.4, -0.2) is 33.4 Å². The predicted molar refractivity (Wildman–Crippen MR) is 98.7 cm³/mol. The van der Waals surface area contributed by atoms with Crippen LogP contribution in [0.15, 0.2) is 53.4 Å². The molecule has 2 aromatic rings. The maximum Gasteiger partial charge on any atom is 0.337 e. The first-order valence-corrected chi connectivity index (χ1v) is 9.74. The molecule has 3 rings (SSSR count). The Kier molecular flexibility index (Phi) is 5.43. The molecule has 0 atom stereocenters. The first-order valence-electron chi connectivity index (χ1n) is 8.26. The van der Waals surface area contributed by atoms with Gasteiger partial charge < -0.3 is 4.74 Å². The van der Waals surface area contributed by atoms with Crippen molar-refractivity contribution in [3.05, 3.63) is 59.7 Å². The molecule has 1 saturated carbocycles. The number of esters is 1. The summed E-state index contributed by atoms with van der Waals surface area (Å²) in [7, 11) is -2.22. The molecule has 1 aliphatic carbocycles. The summed E-state index contributed by atoms with van der Waals surface area (Å²) in [5, 5.41) is 0. The highest BCUT2D eigenvalue weighted by Crippen LogP contribution is 2.22. The van der Waals surface area contributed by atoms with Gasteiger partial charge in [0.1, 0.15) is 0 Å². The molecule has 3 N–H and O–H groups in total. The summed E-state index contributed by atoms with van der Waals surface area (Å²) < 4.78 is 31.4. The Labute approximate surface area is 156 Å². The molecule has 1 fully saturated rings. The molecule has 0 unspecified atom stereocenters. The van der Waals surface area contributed by atoms with Crippen molar-refractivity contribution in [1.82, 2.24) is 10.1 Å². The average molecular weight is 389 g/mol. The van der Waals surface area contributed by atoms with Crippen LogP contribution >= 0.6 is 0 Å². The molecular formula is C18H19N3O5S. The van der Waals surface area contributed by atoms with Crippen molar-refractivity contribution in [3.8, 4) is 0 Å². The van der Waals surface area contributed by atoms with Gasteiger partial charge in [-0.05, 0) is 61.4 Å². The zero-order chi connectivity index (χ0) is 19.4. The molecular weight excluding hydrogens is 370 g/mol. The first kappa shape index (κ1) is 18.9. The Balaban J connectivity index is 1.57. The zero-order valence-electron chi connectivity index (χ0n) is 14.6. The lowest BCUT2D eigenvalue weighted by Crippen LogP contribution is -2.29. The number of amides is 1. The van der Waals surface area contributed by atoms with Crippen LogP contribution in [-0.2, 0) is 14.8 Å². The van der Waals surface area contributed by atoms with Gasteiger partial charge in [0.15, 0.2) is 0 Å². The maximum atomic E-state index is 12.1. The van der Waals surface area contributed by atoms with Crippen LogP contribution in [0.4, 0.5) is 5.69 Å². The largest absolute Gasteiger partial charge is 0.465 e. The molecule has 8 nitrogen and oxygen atoms in total. The van der Waals surface area contributed by atoms with Crippen molar-refractivity contribution in [2.45, 2.75) is 23.8 Å². The van der Waals surface area contributed by atoms with Crippen molar-refractivity contribution in [3.63, 3.8) is 0 Å². The van der Waals surface area contributed by atoms with Crippen LogP contribution in [0.2, 0.25) is 0 Å². The number of hydrogen-bond acceptors (Lipinski definition) is 6. The number of anilines is 1. The molecule has 0 bridgehead atoms. The van der Waals surface area contributed by atoms with E-state index < -0.39 is 21.9 Å². The minimum absolute atomic E-state index is 0.0395. The molecule has 0 aliphatic heterocycles. The van der Waals surface area contributed by atoms with Gasteiger partial charge in [-0.2, -0.15) is 0 Å². The van der Waals surface area contributed by atoms with E-state index in [0.717, 1.165) is 12.8 Å². The van der Waals surface area contributed by atoms with Crippen LogP contribution in [0.25, 0.3) is 0 Å². The average Bonchev–Trinajstić information content (AvgIpc) is 3.49. The third kappa shape index (κ3) is 4.83. The Morgan fingerprint density at radius 2 is 1.56 bits per heavy atom. The van der Waals surface area contributed by atoms with Gasteiger partial charge in [0, 0.05) is 11.6 Å². The molecule has 1 aliphatic rings. The number of hydrogen-bond donors (Lipinski definition) is 3. The van der Waals surface area contributed by atoms with E-state index >= 15 is 0 Å². The second kappa shape index (κ2) is 7.77. The highest BCUT2D eigenvalue weighted by Gasteiger charge is 2.27. The molecule has 0 radical (unpaired) electrons. The summed E-state index contributed by atoms with van der Waals surface area (Å²) in [6, 6.07) is 12.1.